The summed E-state index contributed by atoms with van der Waals surface area (Å²) < 4.78 is 0. The fourth-order valence-corrected chi connectivity index (χ4v) is 3.44. The molecule has 0 amide bonds. The maximum atomic E-state index is 4.70. The van der Waals surface area contributed by atoms with Gasteiger partial charge in [-0.25, -0.2) is 4.98 Å². The number of thiophene rings is 1. The highest BCUT2D eigenvalue weighted by molar-refractivity contribution is 7.16. The van der Waals surface area contributed by atoms with Crippen molar-refractivity contribution in [1.29, 1.82) is 0 Å². The van der Waals surface area contributed by atoms with Crippen LogP contribution in [0.2, 0.25) is 0 Å². The Morgan fingerprint density at radius 2 is 2.12 bits per heavy atom. The highest BCUT2D eigenvalue weighted by atomic mass is 32.1. The monoisotopic (exact) mass is 251 g/mol. The van der Waals surface area contributed by atoms with Crippen molar-refractivity contribution in [2.75, 3.05) is 31.1 Å². The van der Waals surface area contributed by atoms with Crippen LogP contribution in [0.3, 0.4) is 0 Å². The Morgan fingerprint density at radius 3 is 2.88 bits per heavy atom. The van der Waals surface area contributed by atoms with Crippen LogP contribution < -0.4 is 10.2 Å². The third kappa shape index (κ3) is 1.98. The average molecular weight is 251 g/mol. The molecule has 0 radical (unpaired) electrons. The van der Waals surface area contributed by atoms with Crippen molar-refractivity contribution in [3.63, 3.8) is 0 Å². The molecule has 5 heteroatoms. The van der Waals surface area contributed by atoms with E-state index in [9.17, 15) is 0 Å². The van der Waals surface area contributed by atoms with Gasteiger partial charge in [0.15, 0.2) is 5.13 Å². The molecule has 1 aliphatic heterocycles. The van der Waals surface area contributed by atoms with E-state index < -0.39 is 0 Å². The van der Waals surface area contributed by atoms with Crippen molar-refractivity contribution >= 4 is 27.8 Å². The number of piperazine rings is 1. The first-order valence-electron chi connectivity index (χ1n) is 5.38. The molecule has 0 aliphatic carbocycles. The Balaban J connectivity index is 1.82. The Hall–Kier alpha value is -0.910. The number of aromatic nitrogens is 1. The third-order valence-electron chi connectivity index (χ3n) is 2.65. The van der Waals surface area contributed by atoms with E-state index in [2.05, 4.69) is 33.1 Å². The van der Waals surface area contributed by atoms with E-state index in [1.807, 2.05) is 0 Å². The van der Waals surface area contributed by atoms with Crippen LogP contribution in [-0.2, 0) is 0 Å². The molecule has 1 N–H and O–H groups in total. The van der Waals surface area contributed by atoms with E-state index in [0.29, 0.717) is 0 Å². The van der Waals surface area contributed by atoms with Crippen LogP contribution >= 0.6 is 22.7 Å². The van der Waals surface area contributed by atoms with Crippen molar-refractivity contribution in [3.8, 4) is 10.6 Å². The van der Waals surface area contributed by atoms with E-state index in [0.717, 1.165) is 37.0 Å². The fraction of sp³-hybridized carbons (Fsp3) is 0.364. The SMILES string of the molecule is c1csc(-c2csc(N3CCNCC3)n2)c1. The lowest BCUT2D eigenvalue weighted by Gasteiger charge is -2.26. The second kappa shape index (κ2) is 4.53. The van der Waals surface area contributed by atoms with Crippen molar-refractivity contribution in [1.82, 2.24) is 10.3 Å². The standard InChI is InChI=1S/C11H13N3S2/c1-2-10(15-7-1)9-8-16-11(13-9)14-5-3-12-4-6-14/h1-2,7-8,12H,3-6H2. The molecule has 0 aromatic carbocycles. The molecule has 84 valence electrons. The summed E-state index contributed by atoms with van der Waals surface area (Å²) in [7, 11) is 0. The first-order valence-corrected chi connectivity index (χ1v) is 7.14. The van der Waals surface area contributed by atoms with Gasteiger partial charge in [-0.15, -0.1) is 22.7 Å². The van der Waals surface area contributed by atoms with Crippen LogP contribution in [0.1, 0.15) is 0 Å². The quantitative estimate of drug-likeness (QED) is 0.887. The number of hydrogen-bond donors (Lipinski definition) is 1. The Kier molecular flexibility index (Phi) is 2.90. The van der Waals surface area contributed by atoms with Crippen LogP contribution in [0.5, 0.6) is 0 Å². The van der Waals surface area contributed by atoms with Gasteiger partial charge in [0.25, 0.3) is 0 Å². The largest absolute Gasteiger partial charge is 0.346 e. The smallest absolute Gasteiger partial charge is 0.185 e. The number of nitrogens with zero attached hydrogens (tertiary/aromatic N) is 2. The number of hydrogen-bond acceptors (Lipinski definition) is 5. The predicted octanol–water partition coefficient (Wildman–Crippen LogP) is 2.28. The molecule has 0 unspecified atom stereocenters. The van der Waals surface area contributed by atoms with Crippen LogP contribution in [0.25, 0.3) is 10.6 Å². The van der Waals surface area contributed by atoms with Crippen molar-refractivity contribution in [2.24, 2.45) is 0 Å². The minimum Gasteiger partial charge on any atom is -0.346 e. The highest BCUT2D eigenvalue weighted by Gasteiger charge is 2.14. The van der Waals surface area contributed by atoms with Crippen LogP contribution in [-0.4, -0.2) is 31.2 Å². The first-order chi connectivity index (χ1) is 7.93. The molecule has 3 nitrogen and oxygen atoms in total. The minimum atomic E-state index is 1.06. The van der Waals surface area contributed by atoms with Crippen molar-refractivity contribution < 1.29 is 0 Å². The van der Waals surface area contributed by atoms with Gasteiger partial charge >= 0.3 is 0 Å². The van der Waals surface area contributed by atoms with E-state index >= 15 is 0 Å². The van der Waals surface area contributed by atoms with Gasteiger partial charge in [0, 0.05) is 31.6 Å². The van der Waals surface area contributed by atoms with Gasteiger partial charge in [-0.1, -0.05) is 6.07 Å². The lowest BCUT2D eigenvalue weighted by Crippen LogP contribution is -2.43. The zero-order valence-electron chi connectivity index (χ0n) is 8.85. The van der Waals surface area contributed by atoms with Gasteiger partial charge in [0.05, 0.1) is 10.6 Å². The maximum absolute atomic E-state index is 4.70. The average Bonchev–Trinajstić information content (AvgIpc) is 3.01. The van der Waals surface area contributed by atoms with Crippen molar-refractivity contribution in [2.45, 2.75) is 0 Å². The van der Waals surface area contributed by atoms with Gasteiger partial charge in [0.1, 0.15) is 0 Å². The molecule has 3 rings (SSSR count). The molecule has 2 aromatic heterocycles. The Bertz CT molecular complexity index is 444. The van der Waals surface area contributed by atoms with E-state index in [1.165, 1.54) is 4.88 Å². The molecular formula is C11H13N3S2. The lowest BCUT2D eigenvalue weighted by atomic mass is 10.4. The Labute approximate surface area is 103 Å². The van der Waals surface area contributed by atoms with E-state index in [4.69, 9.17) is 4.98 Å². The second-order valence-corrected chi connectivity index (χ2v) is 5.51. The summed E-state index contributed by atoms with van der Waals surface area (Å²) in [6.07, 6.45) is 0. The molecule has 3 heterocycles. The number of thiazole rings is 1. The fourth-order valence-electron chi connectivity index (χ4n) is 1.80. The summed E-state index contributed by atoms with van der Waals surface area (Å²) in [4.78, 5) is 8.32. The molecule has 1 saturated heterocycles. The summed E-state index contributed by atoms with van der Waals surface area (Å²) in [5, 5.41) is 8.77. The molecule has 16 heavy (non-hydrogen) atoms. The maximum Gasteiger partial charge on any atom is 0.185 e. The van der Waals surface area contributed by atoms with Gasteiger partial charge in [-0.05, 0) is 11.4 Å². The molecule has 1 aliphatic rings. The second-order valence-electron chi connectivity index (χ2n) is 3.73. The van der Waals surface area contributed by atoms with E-state index in [1.54, 1.807) is 22.7 Å². The summed E-state index contributed by atoms with van der Waals surface area (Å²) in [6, 6.07) is 4.20. The molecular weight excluding hydrogens is 238 g/mol. The van der Waals surface area contributed by atoms with Gasteiger partial charge in [0.2, 0.25) is 0 Å². The molecule has 2 aromatic rings. The van der Waals surface area contributed by atoms with Crippen LogP contribution in [0.15, 0.2) is 22.9 Å². The number of anilines is 1. The van der Waals surface area contributed by atoms with Gasteiger partial charge < -0.3 is 10.2 Å². The van der Waals surface area contributed by atoms with Crippen LogP contribution in [0.4, 0.5) is 5.13 Å². The molecule has 0 saturated carbocycles. The summed E-state index contributed by atoms with van der Waals surface area (Å²) in [5.41, 5.74) is 1.12. The van der Waals surface area contributed by atoms with Crippen LogP contribution in [0, 0.1) is 0 Å². The van der Waals surface area contributed by atoms with E-state index in [-0.39, 0.29) is 0 Å². The number of nitrogens with one attached hydrogen (secondary N) is 1. The first kappa shape index (κ1) is 10.3. The van der Waals surface area contributed by atoms with Gasteiger partial charge in [-0.3, -0.25) is 0 Å². The zero-order chi connectivity index (χ0) is 10.8. The zero-order valence-corrected chi connectivity index (χ0v) is 10.5. The summed E-state index contributed by atoms with van der Waals surface area (Å²) in [6.45, 7) is 4.26. The normalized spacial score (nSPS) is 16.6. The third-order valence-corrected chi connectivity index (χ3v) is 4.45. The van der Waals surface area contributed by atoms with Gasteiger partial charge in [-0.2, -0.15) is 0 Å². The lowest BCUT2D eigenvalue weighted by molar-refractivity contribution is 0.588. The summed E-state index contributed by atoms with van der Waals surface area (Å²) in [5.74, 6) is 0. The predicted molar refractivity (Wildman–Crippen MR) is 70.5 cm³/mol. The Morgan fingerprint density at radius 1 is 1.25 bits per heavy atom. The van der Waals surface area contributed by atoms with Crippen molar-refractivity contribution in [3.05, 3.63) is 22.9 Å². The minimum absolute atomic E-state index is 1.06. The molecule has 0 spiro atoms. The highest BCUT2D eigenvalue weighted by Crippen LogP contribution is 2.30. The molecule has 1 fully saturated rings. The number of rotatable bonds is 2. The topological polar surface area (TPSA) is 28.2 Å². The molecule has 0 bridgehead atoms. The molecule has 0 atom stereocenters. The summed E-state index contributed by atoms with van der Waals surface area (Å²) >= 11 is 3.50.